The first-order chi connectivity index (χ1) is 10.4. The van der Waals surface area contributed by atoms with Crippen LogP contribution in [-0.4, -0.2) is 4.98 Å². The molecule has 0 radical (unpaired) electrons. The van der Waals surface area contributed by atoms with E-state index >= 15 is 0 Å². The Labute approximate surface area is 129 Å². The number of aromatic nitrogens is 1. The van der Waals surface area contributed by atoms with Crippen LogP contribution in [0.2, 0.25) is 0 Å². The predicted molar refractivity (Wildman–Crippen MR) is 87.9 cm³/mol. The molecule has 3 aromatic rings. The maximum atomic E-state index is 4.94. The van der Waals surface area contributed by atoms with E-state index in [-0.39, 0.29) is 5.92 Å². The van der Waals surface area contributed by atoms with E-state index in [0.717, 1.165) is 5.92 Å². The molecular formula is C19H17NS. The second-order valence-corrected chi connectivity index (χ2v) is 6.53. The number of benzene rings is 2. The summed E-state index contributed by atoms with van der Waals surface area (Å²) in [5.74, 6) is 0.979. The van der Waals surface area contributed by atoms with Gasteiger partial charge in [-0.05, 0) is 24.0 Å². The van der Waals surface area contributed by atoms with E-state index in [9.17, 15) is 0 Å². The van der Waals surface area contributed by atoms with Gasteiger partial charge < -0.3 is 0 Å². The van der Waals surface area contributed by atoms with Gasteiger partial charge >= 0.3 is 0 Å². The van der Waals surface area contributed by atoms with Crippen molar-refractivity contribution in [3.63, 3.8) is 0 Å². The van der Waals surface area contributed by atoms with Crippen LogP contribution in [0.15, 0.2) is 66.0 Å². The van der Waals surface area contributed by atoms with Crippen molar-refractivity contribution >= 4 is 11.3 Å². The molecule has 0 saturated heterocycles. The third-order valence-electron chi connectivity index (χ3n) is 4.05. The van der Waals surface area contributed by atoms with Crippen LogP contribution in [0.25, 0.3) is 0 Å². The van der Waals surface area contributed by atoms with Gasteiger partial charge in [-0.3, -0.25) is 0 Å². The van der Waals surface area contributed by atoms with Crippen LogP contribution in [-0.2, 0) is 0 Å². The molecule has 21 heavy (non-hydrogen) atoms. The van der Waals surface area contributed by atoms with Gasteiger partial charge in [0.25, 0.3) is 0 Å². The summed E-state index contributed by atoms with van der Waals surface area (Å²) in [7, 11) is 0. The Hall–Kier alpha value is -1.93. The Morgan fingerprint density at radius 3 is 1.95 bits per heavy atom. The highest BCUT2D eigenvalue weighted by Gasteiger charge is 2.28. The minimum Gasteiger partial charge on any atom is -0.245 e. The van der Waals surface area contributed by atoms with Crippen molar-refractivity contribution in [1.29, 1.82) is 0 Å². The third kappa shape index (κ3) is 2.64. The standard InChI is InChI=1S/C19H17NS/c1-3-7-15(8-4-1)18(16-9-5-2-6-10-16)19-20-17(13-21-19)14-11-12-14/h1-10,13-14,18H,11-12H2. The highest BCUT2D eigenvalue weighted by Crippen LogP contribution is 2.42. The lowest BCUT2D eigenvalue weighted by molar-refractivity contribution is 0.924. The number of hydrogen-bond acceptors (Lipinski definition) is 2. The normalized spacial score (nSPS) is 14.5. The molecule has 1 aliphatic rings. The van der Waals surface area contributed by atoms with Gasteiger partial charge in [0.15, 0.2) is 0 Å². The van der Waals surface area contributed by atoms with E-state index in [1.165, 1.54) is 34.7 Å². The van der Waals surface area contributed by atoms with Crippen molar-refractivity contribution in [2.75, 3.05) is 0 Å². The van der Waals surface area contributed by atoms with E-state index in [1.54, 1.807) is 11.3 Å². The van der Waals surface area contributed by atoms with Crippen LogP contribution in [0, 0.1) is 0 Å². The maximum Gasteiger partial charge on any atom is 0.105 e. The maximum absolute atomic E-state index is 4.94. The van der Waals surface area contributed by atoms with Gasteiger partial charge in [0.05, 0.1) is 11.6 Å². The quantitative estimate of drug-likeness (QED) is 0.643. The lowest BCUT2D eigenvalue weighted by Gasteiger charge is -2.15. The number of hydrogen-bond donors (Lipinski definition) is 0. The highest BCUT2D eigenvalue weighted by molar-refractivity contribution is 7.09. The average Bonchev–Trinajstić information content (AvgIpc) is 3.29. The Kier molecular flexibility index (Phi) is 3.32. The molecule has 1 saturated carbocycles. The van der Waals surface area contributed by atoms with Gasteiger partial charge in [-0.15, -0.1) is 11.3 Å². The van der Waals surface area contributed by atoms with Crippen LogP contribution in [0.1, 0.15) is 46.5 Å². The van der Waals surface area contributed by atoms with E-state index in [0.29, 0.717) is 0 Å². The molecular weight excluding hydrogens is 274 g/mol. The Morgan fingerprint density at radius 2 is 1.43 bits per heavy atom. The van der Waals surface area contributed by atoms with Crippen molar-refractivity contribution in [2.24, 2.45) is 0 Å². The minimum absolute atomic E-state index is 0.255. The molecule has 0 bridgehead atoms. The second-order valence-electron chi connectivity index (χ2n) is 5.64. The first kappa shape index (κ1) is 12.8. The van der Waals surface area contributed by atoms with E-state index in [4.69, 9.17) is 4.98 Å². The van der Waals surface area contributed by atoms with Crippen molar-refractivity contribution in [3.05, 3.63) is 87.9 Å². The van der Waals surface area contributed by atoms with E-state index < -0.39 is 0 Å². The summed E-state index contributed by atoms with van der Waals surface area (Å²) in [6.45, 7) is 0. The summed E-state index contributed by atoms with van der Waals surface area (Å²) in [5.41, 5.74) is 3.94. The molecule has 2 aromatic carbocycles. The van der Waals surface area contributed by atoms with Gasteiger partial charge in [0.1, 0.15) is 5.01 Å². The molecule has 4 rings (SSSR count). The number of rotatable bonds is 4. The predicted octanol–water partition coefficient (Wildman–Crippen LogP) is 5.20. The molecule has 2 heteroatoms. The summed E-state index contributed by atoms with van der Waals surface area (Å²) >= 11 is 1.80. The topological polar surface area (TPSA) is 12.9 Å². The van der Waals surface area contributed by atoms with Gasteiger partial charge in [-0.1, -0.05) is 60.7 Å². The zero-order chi connectivity index (χ0) is 14.1. The zero-order valence-electron chi connectivity index (χ0n) is 11.8. The van der Waals surface area contributed by atoms with Crippen LogP contribution in [0.4, 0.5) is 0 Å². The average molecular weight is 291 g/mol. The van der Waals surface area contributed by atoms with Crippen LogP contribution < -0.4 is 0 Å². The lowest BCUT2D eigenvalue weighted by atomic mass is 9.92. The number of thiazole rings is 1. The fourth-order valence-electron chi connectivity index (χ4n) is 2.77. The van der Waals surface area contributed by atoms with Gasteiger partial charge in [0, 0.05) is 11.3 Å². The molecule has 104 valence electrons. The molecule has 1 nitrogen and oxygen atoms in total. The van der Waals surface area contributed by atoms with Crippen LogP contribution in [0.3, 0.4) is 0 Å². The van der Waals surface area contributed by atoms with E-state index in [2.05, 4.69) is 66.0 Å². The molecule has 1 aliphatic carbocycles. The number of nitrogens with zero attached hydrogens (tertiary/aromatic N) is 1. The minimum atomic E-state index is 0.255. The summed E-state index contributed by atoms with van der Waals surface area (Å²) in [4.78, 5) is 4.94. The lowest BCUT2D eigenvalue weighted by Crippen LogP contribution is -2.03. The van der Waals surface area contributed by atoms with Gasteiger partial charge in [-0.25, -0.2) is 4.98 Å². The van der Waals surface area contributed by atoms with Crippen molar-refractivity contribution in [3.8, 4) is 0 Å². The monoisotopic (exact) mass is 291 g/mol. The summed E-state index contributed by atoms with van der Waals surface area (Å²) in [6, 6.07) is 21.4. The molecule has 1 aromatic heterocycles. The van der Waals surface area contributed by atoms with Crippen LogP contribution in [0.5, 0.6) is 0 Å². The van der Waals surface area contributed by atoms with Crippen LogP contribution >= 0.6 is 11.3 Å². The van der Waals surface area contributed by atoms with Crippen molar-refractivity contribution < 1.29 is 0 Å². The molecule has 0 N–H and O–H groups in total. The smallest absolute Gasteiger partial charge is 0.105 e. The summed E-state index contributed by atoms with van der Waals surface area (Å²) in [6.07, 6.45) is 2.62. The molecule has 1 heterocycles. The first-order valence-electron chi connectivity index (χ1n) is 7.47. The highest BCUT2D eigenvalue weighted by atomic mass is 32.1. The van der Waals surface area contributed by atoms with Crippen molar-refractivity contribution in [1.82, 2.24) is 4.98 Å². The summed E-state index contributed by atoms with van der Waals surface area (Å²) in [5, 5.41) is 3.47. The largest absolute Gasteiger partial charge is 0.245 e. The molecule has 0 spiro atoms. The first-order valence-corrected chi connectivity index (χ1v) is 8.35. The molecule has 0 atom stereocenters. The van der Waals surface area contributed by atoms with Crippen molar-refractivity contribution in [2.45, 2.75) is 24.7 Å². The summed E-state index contributed by atoms with van der Waals surface area (Å²) < 4.78 is 0. The Balaban J connectivity index is 1.78. The fourth-order valence-corrected chi connectivity index (χ4v) is 3.82. The molecule has 0 aliphatic heterocycles. The SMILES string of the molecule is c1ccc(C(c2ccccc2)c2nc(C3CC3)cs2)cc1. The zero-order valence-corrected chi connectivity index (χ0v) is 12.6. The van der Waals surface area contributed by atoms with Gasteiger partial charge in [-0.2, -0.15) is 0 Å². The van der Waals surface area contributed by atoms with E-state index in [1.807, 2.05) is 0 Å². The third-order valence-corrected chi connectivity index (χ3v) is 4.98. The molecule has 1 fully saturated rings. The fraction of sp³-hybridized carbons (Fsp3) is 0.211. The Bertz CT molecular complexity index is 674. The second kappa shape index (κ2) is 5.45. The van der Waals surface area contributed by atoms with Gasteiger partial charge in [0.2, 0.25) is 0 Å². The molecule has 0 unspecified atom stereocenters. The Morgan fingerprint density at radius 1 is 0.857 bits per heavy atom. The molecule has 0 amide bonds.